The van der Waals surface area contributed by atoms with Crippen LogP contribution in [-0.4, -0.2) is 42.1 Å². The van der Waals surface area contributed by atoms with Crippen LogP contribution in [0.1, 0.15) is 30.0 Å². The number of aromatic nitrogens is 2. The van der Waals surface area contributed by atoms with E-state index in [0.29, 0.717) is 24.8 Å². The largest absolute Gasteiger partial charge is 0.383 e. The molecule has 0 radical (unpaired) electrons. The van der Waals surface area contributed by atoms with E-state index in [1.807, 2.05) is 0 Å². The van der Waals surface area contributed by atoms with Crippen molar-refractivity contribution in [3.63, 3.8) is 0 Å². The van der Waals surface area contributed by atoms with E-state index in [1.54, 1.807) is 7.11 Å². The number of thioether (sulfide) groups is 1. The number of carbonyl (C=O) groups excluding carboxylic acids is 1. The van der Waals surface area contributed by atoms with Gasteiger partial charge < -0.3 is 15.4 Å². The second kappa shape index (κ2) is 9.34. The first kappa shape index (κ1) is 19.1. The molecule has 1 aliphatic rings. The zero-order valence-electron chi connectivity index (χ0n) is 15.0. The Kier molecular flexibility index (Phi) is 6.87. The number of amides is 1. The molecule has 3 rings (SSSR count). The fraction of sp³-hybridized carbons (Fsp3) is 0.500. The van der Waals surface area contributed by atoms with Crippen molar-refractivity contribution in [3.8, 4) is 0 Å². The lowest BCUT2D eigenvalue weighted by Gasteiger charge is -2.18. The number of carbonyl (C=O) groups is 1. The summed E-state index contributed by atoms with van der Waals surface area (Å²) in [6.45, 7) is 3.38. The van der Waals surface area contributed by atoms with Crippen LogP contribution in [0.3, 0.4) is 0 Å². The van der Waals surface area contributed by atoms with E-state index < -0.39 is 0 Å². The quantitative estimate of drug-likeness (QED) is 0.477. The molecule has 1 atom stereocenters. The fourth-order valence-corrected chi connectivity index (χ4v) is 4.21. The third-order valence-electron chi connectivity index (χ3n) is 4.16. The van der Waals surface area contributed by atoms with E-state index in [2.05, 4.69) is 52.0 Å². The van der Waals surface area contributed by atoms with Crippen molar-refractivity contribution in [1.29, 1.82) is 0 Å². The zero-order chi connectivity index (χ0) is 18.4. The molecule has 0 saturated heterocycles. The Morgan fingerprint density at radius 3 is 2.81 bits per heavy atom. The molecular formula is C18H24N4O2S2. The van der Waals surface area contributed by atoms with Gasteiger partial charge >= 0.3 is 0 Å². The van der Waals surface area contributed by atoms with Crippen LogP contribution in [0.25, 0.3) is 0 Å². The van der Waals surface area contributed by atoms with E-state index in [-0.39, 0.29) is 11.9 Å². The highest BCUT2D eigenvalue weighted by atomic mass is 32.2. The number of hydrogen-bond acceptors (Lipinski definition) is 7. The number of nitrogens with zero attached hydrogens (tertiary/aromatic N) is 2. The number of anilines is 1. The van der Waals surface area contributed by atoms with Crippen molar-refractivity contribution >= 4 is 34.1 Å². The van der Waals surface area contributed by atoms with Gasteiger partial charge in [0.05, 0.1) is 18.4 Å². The molecule has 2 aromatic rings. The summed E-state index contributed by atoms with van der Waals surface area (Å²) in [6.07, 6.45) is 2.36. The first-order valence-electron chi connectivity index (χ1n) is 8.70. The zero-order valence-corrected chi connectivity index (χ0v) is 16.7. The van der Waals surface area contributed by atoms with Crippen LogP contribution in [0.5, 0.6) is 0 Å². The van der Waals surface area contributed by atoms with Gasteiger partial charge in [-0.15, -0.1) is 10.2 Å². The minimum absolute atomic E-state index is 0.0385. The summed E-state index contributed by atoms with van der Waals surface area (Å²) >= 11 is 2.88. The van der Waals surface area contributed by atoms with Crippen LogP contribution in [0.2, 0.25) is 0 Å². The SMILES string of the molecule is COCCNc1nnc(SCC(=O)NC(c2ccc(C)cc2)C2CC2)s1. The maximum atomic E-state index is 12.4. The normalized spacial score (nSPS) is 14.8. The number of nitrogens with one attached hydrogen (secondary N) is 2. The highest BCUT2D eigenvalue weighted by molar-refractivity contribution is 8.01. The number of methoxy groups -OCH3 is 1. The third-order valence-corrected chi connectivity index (χ3v) is 6.18. The number of aryl methyl sites for hydroxylation is 1. The molecule has 1 saturated carbocycles. The van der Waals surface area contributed by atoms with Crippen molar-refractivity contribution in [2.45, 2.75) is 30.1 Å². The van der Waals surface area contributed by atoms with Crippen molar-refractivity contribution in [2.75, 3.05) is 31.3 Å². The molecule has 2 N–H and O–H groups in total. The van der Waals surface area contributed by atoms with Crippen molar-refractivity contribution in [1.82, 2.24) is 15.5 Å². The van der Waals surface area contributed by atoms with E-state index in [1.165, 1.54) is 47.1 Å². The second-order valence-corrected chi connectivity index (χ2v) is 8.57. The van der Waals surface area contributed by atoms with Gasteiger partial charge in [-0.05, 0) is 31.2 Å². The van der Waals surface area contributed by atoms with E-state index >= 15 is 0 Å². The number of rotatable bonds is 10. The Morgan fingerprint density at radius 2 is 2.12 bits per heavy atom. The van der Waals surface area contributed by atoms with Gasteiger partial charge in [-0.2, -0.15) is 0 Å². The van der Waals surface area contributed by atoms with E-state index in [0.717, 1.165) is 9.47 Å². The van der Waals surface area contributed by atoms with Crippen LogP contribution >= 0.6 is 23.1 Å². The van der Waals surface area contributed by atoms with Crippen molar-refractivity contribution < 1.29 is 9.53 Å². The van der Waals surface area contributed by atoms with Crippen LogP contribution < -0.4 is 10.6 Å². The average molecular weight is 393 g/mol. The maximum absolute atomic E-state index is 12.4. The highest BCUT2D eigenvalue weighted by Crippen LogP contribution is 2.41. The van der Waals surface area contributed by atoms with Crippen LogP contribution in [0.15, 0.2) is 28.6 Å². The molecule has 1 fully saturated rings. The molecule has 6 nitrogen and oxygen atoms in total. The maximum Gasteiger partial charge on any atom is 0.230 e. The van der Waals surface area contributed by atoms with Gasteiger partial charge in [-0.3, -0.25) is 4.79 Å². The molecule has 1 unspecified atom stereocenters. The van der Waals surface area contributed by atoms with Crippen molar-refractivity contribution in [2.24, 2.45) is 5.92 Å². The molecule has 0 spiro atoms. The van der Waals surface area contributed by atoms with Gasteiger partial charge in [0, 0.05) is 13.7 Å². The lowest BCUT2D eigenvalue weighted by atomic mass is 10.0. The first-order chi connectivity index (χ1) is 12.7. The van der Waals surface area contributed by atoms with Gasteiger partial charge in [-0.1, -0.05) is 52.9 Å². The molecule has 1 amide bonds. The van der Waals surface area contributed by atoms with Crippen molar-refractivity contribution in [3.05, 3.63) is 35.4 Å². The molecule has 0 aliphatic heterocycles. The first-order valence-corrected chi connectivity index (χ1v) is 10.5. The minimum Gasteiger partial charge on any atom is -0.383 e. The summed E-state index contributed by atoms with van der Waals surface area (Å²) in [7, 11) is 1.66. The molecule has 1 aromatic heterocycles. The number of hydrogen-bond donors (Lipinski definition) is 2. The van der Waals surface area contributed by atoms with Gasteiger partial charge in [-0.25, -0.2) is 0 Å². The lowest BCUT2D eigenvalue weighted by molar-refractivity contribution is -0.119. The highest BCUT2D eigenvalue weighted by Gasteiger charge is 2.33. The summed E-state index contributed by atoms with van der Waals surface area (Å²) in [5.41, 5.74) is 2.42. The van der Waals surface area contributed by atoms with Gasteiger partial charge in [0.1, 0.15) is 0 Å². The minimum atomic E-state index is 0.0385. The Balaban J connectivity index is 1.49. The Hall–Kier alpha value is -1.64. The number of ether oxygens (including phenoxy) is 1. The van der Waals surface area contributed by atoms with E-state index in [4.69, 9.17) is 4.74 Å². The van der Waals surface area contributed by atoms with Crippen LogP contribution in [0, 0.1) is 12.8 Å². The lowest BCUT2D eigenvalue weighted by Crippen LogP contribution is -2.31. The van der Waals surface area contributed by atoms with E-state index in [9.17, 15) is 4.79 Å². The topological polar surface area (TPSA) is 76.1 Å². The van der Waals surface area contributed by atoms with Crippen LogP contribution in [-0.2, 0) is 9.53 Å². The fourth-order valence-electron chi connectivity index (χ4n) is 2.62. The summed E-state index contributed by atoms with van der Waals surface area (Å²) in [5, 5.41) is 15.3. The molecule has 140 valence electrons. The second-order valence-electron chi connectivity index (χ2n) is 6.37. The molecule has 26 heavy (non-hydrogen) atoms. The molecule has 1 heterocycles. The summed E-state index contributed by atoms with van der Waals surface area (Å²) < 4.78 is 5.78. The average Bonchev–Trinajstić information content (AvgIpc) is 3.38. The third kappa shape index (κ3) is 5.69. The Morgan fingerprint density at radius 1 is 1.35 bits per heavy atom. The summed E-state index contributed by atoms with van der Waals surface area (Å²) in [6, 6.07) is 8.56. The van der Waals surface area contributed by atoms with Gasteiger partial charge in [0.15, 0.2) is 4.34 Å². The van der Waals surface area contributed by atoms with Gasteiger partial charge in [0.2, 0.25) is 11.0 Å². The molecule has 1 aliphatic carbocycles. The summed E-state index contributed by atoms with van der Waals surface area (Å²) in [5.74, 6) is 0.947. The van der Waals surface area contributed by atoms with Gasteiger partial charge in [0.25, 0.3) is 0 Å². The Bertz CT molecular complexity index is 716. The summed E-state index contributed by atoms with van der Waals surface area (Å²) in [4.78, 5) is 12.4. The number of benzene rings is 1. The standard InChI is InChI=1S/C18H24N4O2S2/c1-12-3-5-13(6-4-12)16(14-7-8-14)20-15(23)11-25-18-22-21-17(26-18)19-9-10-24-2/h3-6,14,16H,7-11H2,1-2H3,(H,19,21)(H,20,23). The monoisotopic (exact) mass is 392 g/mol. The molecule has 8 heteroatoms. The smallest absolute Gasteiger partial charge is 0.230 e. The molecular weight excluding hydrogens is 368 g/mol. The molecule has 1 aromatic carbocycles. The predicted molar refractivity (Wildman–Crippen MR) is 106 cm³/mol. The Labute approximate surface area is 162 Å². The molecule has 0 bridgehead atoms. The van der Waals surface area contributed by atoms with Crippen LogP contribution in [0.4, 0.5) is 5.13 Å². The predicted octanol–water partition coefficient (Wildman–Crippen LogP) is 3.26.